The van der Waals surface area contributed by atoms with E-state index < -0.39 is 23.5 Å². The van der Waals surface area contributed by atoms with Crippen LogP contribution in [0.3, 0.4) is 0 Å². The second kappa shape index (κ2) is 6.88. The van der Waals surface area contributed by atoms with E-state index in [2.05, 4.69) is 4.98 Å². The minimum atomic E-state index is -1.16. The summed E-state index contributed by atoms with van der Waals surface area (Å²) in [6.45, 7) is 6.69. The predicted octanol–water partition coefficient (Wildman–Crippen LogP) is 4.30. The largest absolute Gasteiger partial charge is 0.478 e. The van der Waals surface area contributed by atoms with Crippen molar-refractivity contribution in [2.75, 3.05) is 4.90 Å². The standard InChI is InChI=1S/C18H19FN2O4/c1-11-8-12(16(22)23)9-15(20-11)21(17(24)25-18(2,3)4)14-7-5-6-13(19)10-14/h5-10H,1-4H3,(H,22,23). The first-order valence-electron chi connectivity index (χ1n) is 7.57. The van der Waals surface area contributed by atoms with E-state index >= 15 is 0 Å². The van der Waals surface area contributed by atoms with E-state index in [4.69, 9.17) is 4.74 Å². The summed E-state index contributed by atoms with van der Waals surface area (Å²) in [6.07, 6.45) is -0.785. The number of anilines is 2. The molecule has 7 heteroatoms. The van der Waals surface area contributed by atoms with Gasteiger partial charge in [0, 0.05) is 5.69 Å². The molecule has 25 heavy (non-hydrogen) atoms. The van der Waals surface area contributed by atoms with Crippen LogP contribution in [0.2, 0.25) is 0 Å². The number of carboxylic acids is 1. The first-order chi connectivity index (χ1) is 11.6. The lowest BCUT2D eigenvalue weighted by molar-refractivity contribution is 0.0596. The first kappa shape index (κ1) is 18.4. The third-order valence-electron chi connectivity index (χ3n) is 3.06. The highest BCUT2D eigenvalue weighted by Gasteiger charge is 2.27. The molecule has 0 bridgehead atoms. The molecule has 6 nitrogen and oxygen atoms in total. The number of halogens is 1. The molecule has 132 valence electrons. The SMILES string of the molecule is Cc1cc(C(=O)O)cc(N(C(=O)OC(C)(C)C)c2cccc(F)c2)n1. The van der Waals surface area contributed by atoms with E-state index in [0.717, 1.165) is 11.0 Å². The molecule has 1 heterocycles. The quantitative estimate of drug-likeness (QED) is 0.896. The van der Waals surface area contributed by atoms with Crippen molar-refractivity contribution in [1.29, 1.82) is 0 Å². The van der Waals surface area contributed by atoms with Crippen molar-refractivity contribution < 1.29 is 23.8 Å². The van der Waals surface area contributed by atoms with Gasteiger partial charge in [0.15, 0.2) is 0 Å². The Kier molecular flexibility index (Phi) is 5.06. The fourth-order valence-corrected chi connectivity index (χ4v) is 2.14. The summed E-state index contributed by atoms with van der Waals surface area (Å²) in [7, 11) is 0. The number of aromatic carboxylic acids is 1. The fourth-order valence-electron chi connectivity index (χ4n) is 2.14. The molecule has 1 amide bonds. The summed E-state index contributed by atoms with van der Waals surface area (Å²) in [6, 6.07) is 7.96. The lowest BCUT2D eigenvalue weighted by Gasteiger charge is -2.27. The number of nitrogens with zero attached hydrogens (tertiary/aromatic N) is 2. The van der Waals surface area contributed by atoms with Gasteiger partial charge in [-0.05, 0) is 58.0 Å². The molecule has 0 unspecified atom stereocenters. The highest BCUT2D eigenvalue weighted by atomic mass is 19.1. The number of carbonyl (C=O) groups is 2. The zero-order valence-electron chi connectivity index (χ0n) is 14.4. The van der Waals surface area contributed by atoms with Crippen molar-refractivity contribution in [3.05, 3.63) is 53.5 Å². The van der Waals surface area contributed by atoms with Crippen molar-refractivity contribution in [2.45, 2.75) is 33.3 Å². The van der Waals surface area contributed by atoms with Crippen LogP contribution in [-0.2, 0) is 4.74 Å². The van der Waals surface area contributed by atoms with Crippen molar-refractivity contribution >= 4 is 23.6 Å². The number of aromatic nitrogens is 1. The van der Waals surface area contributed by atoms with Crippen LogP contribution in [0, 0.1) is 12.7 Å². The molecule has 0 aliphatic rings. The van der Waals surface area contributed by atoms with E-state index in [1.807, 2.05) is 0 Å². The topological polar surface area (TPSA) is 79.7 Å². The smallest absolute Gasteiger partial charge is 0.420 e. The third kappa shape index (κ3) is 4.76. The Morgan fingerprint density at radius 2 is 1.88 bits per heavy atom. The van der Waals surface area contributed by atoms with E-state index in [0.29, 0.717) is 5.69 Å². The summed E-state index contributed by atoms with van der Waals surface area (Å²) in [5.41, 5.74) is -0.238. The molecule has 0 aliphatic carbocycles. The van der Waals surface area contributed by atoms with Crippen LogP contribution in [0.1, 0.15) is 36.8 Å². The van der Waals surface area contributed by atoms with Crippen molar-refractivity contribution in [2.24, 2.45) is 0 Å². The molecule has 1 aromatic heterocycles. The van der Waals surface area contributed by atoms with Crippen molar-refractivity contribution in [3.8, 4) is 0 Å². The first-order valence-corrected chi connectivity index (χ1v) is 7.57. The van der Waals surface area contributed by atoms with E-state index in [1.165, 1.54) is 30.3 Å². The van der Waals surface area contributed by atoms with Gasteiger partial charge >= 0.3 is 12.1 Å². The number of ether oxygens (including phenoxy) is 1. The molecule has 0 fully saturated rings. The van der Waals surface area contributed by atoms with Crippen LogP contribution in [-0.4, -0.2) is 27.8 Å². The zero-order valence-corrected chi connectivity index (χ0v) is 14.4. The van der Waals surface area contributed by atoms with Gasteiger partial charge in [-0.3, -0.25) is 0 Å². The predicted molar refractivity (Wildman–Crippen MR) is 90.7 cm³/mol. The van der Waals surface area contributed by atoms with Crippen LogP contribution in [0.15, 0.2) is 36.4 Å². The number of aryl methyl sites for hydroxylation is 1. The number of hydrogen-bond acceptors (Lipinski definition) is 4. The summed E-state index contributed by atoms with van der Waals surface area (Å²) >= 11 is 0. The minimum Gasteiger partial charge on any atom is -0.478 e. The molecule has 0 atom stereocenters. The van der Waals surface area contributed by atoms with Gasteiger partial charge in [-0.2, -0.15) is 0 Å². The Hall–Kier alpha value is -2.96. The van der Waals surface area contributed by atoms with Gasteiger partial charge in [0.05, 0.1) is 11.3 Å². The van der Waals surface area contributed by atoms with E-state index in [9.17, 15) is 19.1 Å². The normalized spacial score (nSPS) is 11.1. The molecule has 0 aliphatic heterocycles. The highest BCUT2D eigenvalue weighted by molar-refractivity contribution is 5.97. The van der Waals surface area contributed by atoms with Crippen LogP contribution in [0.5, 0.6) is 0 Å². The van der Waals surface area contributed by atoms with Crippen molar-refractivity contribution in [1.82, 2.24) is 4.98 Å². The van der Waals surface area contributed by atoms with Gasteiger partial charge < -0.3 is 9.84 Å². The number of hydrogen-bond donors (Lipinski definition) is 1. The highest BCUT2D eigenvalue weighted by Crippen LogP contribution is 2.28. The Balaban J connectivity index is 2.59. The molecule has 2 rings (SSSR count). The molecule has 0 saturated heterocycles. The molecule has 2 aromatic rings. The average Bonchev–Trinajstić information content (AvgIpc) is 2.45. The van der Waals surface area contributed by atoms with E-state index in [-0.39, 0.29) is 17.1 Å². The monoisotopic (exact) mass is 346 g/mol. The number of amides is 1. The maximum atomic E-state index is 13.6. The number of rotatable bonds is 3. The second-order valence-electron chi connectivity index (χ2n) is 6.46. The van der Waals surface area contributed by atoms with Gasteiger partial charge in [0.2, 0.25) is 0 Å². The minimum absolute atomic E-state index is 0.0348. The van der Waals surface area contributed by atoms with Gasteiger partial charge in [0.25, 0.3) is 0 Å². The third-order valence-corrected chi connectivity index (χ3v) is 3.06. The molecule has 1 N–H and O–H groups in total. The van der Waals surface area contributed by atoms with Gasteiger partial charge in [0.1, 0.15) is 17.2 Å². The average molecular weight is 346 g/mol. The van der Waals surface area contributed by atoms with E-state index in [1.54, 1.807) is 27.7 Å². The van der Waals surface area contributed by atoms with Gasteiger partial charge in [-0.15, -0.1) is 0 Å². The Morgan fingerprint density at radius 1 is 1.20 bits per heavy atom. The molecule has 0 saturated carbocycles. The van der Waals surface area contributed by atoms with Crippen LogP contribution in [0.25, 0.3) is 0 Å². The number of benzene rings is 1. The van der Waals surface area contributed by atoms with Crippen LogP contribution < -0.4 is 4.90 Å². The number of pyridine rings is 1. The lowest BCUT2D eigenvalue weighted by Crippen LogP contribution is -2.34. The van der Waals surface area contributed by atoms with Gasteiger partial charge in [-0.1, -0.05) is 6.07 Å². The molecular formula is C18H19FN2O4. The second-order valence-corrected chi connectivity index (χ2v) is 6.46. The Bertz CT molecular complexity index is 815. The molecule has 0 radical (unpaired) electrons. The van der Waals surface area contributed by atoms with Gasteiger partial charge in [-0.25, -0.2) is 23.9 Å². The van der Waals surface area contributed by atoms with Crippen molar-refractivity contribution in [3.63, 3.8) is 0 Å². The molecule has 1 aromatic carbocycles. The lowest BCUT2D eigenvalue weighted by atomic mass is 10.2. The Morgan fingerprint density at radius 3 is 2.44 bits per heavy atom. The fraction of sp³-hybridized carbons (Fsp3) is 0.278. The maximum absolute atomic E-state index is 13.6. The molecular weight excluding hydrogens is 327 g/mol. The summed E-state index contributed by atoms with van der Waals surface area (Å²) < 4.78 is 19.0. The zero-order chi connectivity index (χ0) is 18.8. The van der Waals surface area contributed by atoms with Crippen LogP contribution in [0.4, 0.5) is 20.7 Å². The number of carbonyl (C=O) groups excluding carboxylic acids is 1. The summed E-state index contributed by atoms with van der Waals surface area (Å²) in [5.74, 6) is -1.66. The van der Waals surface area contributed by atoms with Crippen LogP contribution >= 0.6 is 0 Å². The number of carboxylic acid groups (broad SMARTS) is 1. The summed E-state index contributed by atoms with van der Waals surface area (Å²) in [5, 5.41) is 9.23. The molecule has 0 spiro atoms. The Labute approximate surface area is 144 Å². The maximum Gasteiger partial charge on any atom is 0.420 e. The summed E-state index contributed by atoms with van der Waals surface area (Å²) in [4.78, 5) is 29.2.